The summed E-state index contributed by atoms with van der Waals surface area (Å²) in [4.78, 5) is 28.0. The largest absolute Gasteiger partial charge is 0.534 e. The summed E-state index contributed by atoms with van der Waals surface area (Å²) in [5.74, 6) is -2.65. The third-order valence-electron chi connectivity index (χ3n) is 3.10. The lowest BCUT2D eigenvalue weighted by Crippen LogP contribution is -2.32. The first-order chi connectivity index (χ1) is 11.8. The average Bonchev–Trinajstić information content (AvgIpc) is 2.52. The number of nitrogens with zero attached hydrogens (tertiary/aromatic N) is 2. The van der Waals surface area contributed by atoms with Crippen LogP contribution in [0.4, 0.5) is 13.2 Å². The van der Waals surface area contributed by atoms with Crippen molar-refractivity contribution in [3.63, 3.8) is 0 Å². The molecular weight excluding hydrogens is 473 g/mol. The minimum Gasteiger partial charge on any atom is -0.465 e. The zero-order valence-electron chi connectivity index (χ0n) is 12.7. The van der Waals surface area contributed by atoms with E-state index in [2.05, 4.69) is 29.8 Å². The summed E-state index contributed by atoms with van der Waals surface area (Å²) in [7, 11) is -4.18. The first-order valence-electron chi connectivity index (χ1n) is 6.29. The van der Waals surface area contributed by atoms with Crippen LogP contribution in [0.25, 0.3) is 11.0 Å². The number of pyridine rings is 2. The van der Waals surface area contributed by atoms with Gasteiger partial charge in [0.25, 0.3) is 5.56 Å². The van der Waals surface area contributed by atoms with E-state index in [0.717, 1.165) is 11.7 Å². The van der Waals surface area contributed by atoms with Crippen molar-refractivity contribution in [2.24, 2.45) is 7.05 Å². The summed E-state index contributed by atoms with van der Waals surface area (Å²) >= 11 is 8.80. The van der Waals surface area contributed by atoms with Crippen molar-refractivity contribution in [3.8, 4) is 5.75 Å². The van der Waals surface area contributed by atoms with E-state index in [4.69, 9.17) is 11.6 Å². The SMILES string of the molecule is COC(=O)c1c(OS(=O)(=O)C(F)(F)F)c2nc(Cl)c(Br)cc2n(C)c1=O. The second kappa shape index (κ2) is 6.70. The molecule has 8 nitrogen and oxygen atoms in total. The number of hydrogen-bond acceptors (Lipinski definition) is 7. The molecule has 2 heterocycles. The minimum atomic E-state index is -6.21. The lowest BCUT2D eigenvalue weighted by Gasteiger charge is -2.15. The Hall–Kier alpha value is -1.86. The molecule has 0 fully saturated rings. The molecule has 0 saturated heterocycles. The van der Waals surface area contributed by atoms with E-state index in [1.807, 2.05) is 0 Å². The zero-order chi connectivity index (χ0) is 20.0. The molecule has 0 N–H and O–H groups in total. The second-order valence-electron chi connectivity index (χ2n) is 4.67. The molecule has 142 valence electrons. The highest BCUT2D eigenvalue weighted by Crippen LogP contribution is 2.35. The number of aryl methyl sites for hydroxylation is 1. The summed E-state index contributed by atoms with van der Waals surface area (Å²) in [5, 5.41) is -0.277. The van der Waals surface area contributed by atoms with Gasteiger partial charge in [0.1, 0.15) is 10.7 Å². The van der Waals surface area contributed by atoms with Gasteiger partial charge < -0.3 is 13.5 Å². The van der Waals surface area contributed by atoms with Crippen molar-refractivity contribution in [2.75, 3.05) is 7.11 Å². The van der Waals surface area contributed by atoms with Crippen LogP contribution in [0.3, 0.4) is 0 Å². The fraction of sp³-hybridized carbons (Fsp3) is 0.250. The van der Waals surface area contributed by atoms with Crippen molar-refractivity contribution in [2.45, 2.75) is 5.51 Å². The minimum absolute atomic E-state index is 0.147. The van der Waals surface area contributed by atoms with Crippen LogP contribution in [0.1, 0.15) is 10.4 Å². The summed E-state index contributed by atoms with van der Waals surface area (Å²) < 4.78 is 70.3. The van der Waals surface area contributed by atoms with E-state index in [0.29, 0.717) is 0 Å². The molecule has 0 saturated carbocycles. The highest BCUT2D eigenvalue weighted by atomic mass is 79.9. The van der Waals surface area contributed by atoms with E-state index >= 15 is 0 Å². The fourth-order valence-electron chi connectivity index (χ4n) is 1.89. The lowest BCUT2D eigenvalue weighted by atomic mass is 10.2. The zero-order valence-corrected chi connectivity index (χ0v) is 15.9. The Bertz CT molecular complexity index is 1080. The van der Waals surface area contributed by atoms with Crippen LogP contribution in [-0.2, 0) is 21.9 Å². The van der Waals surface area contributed by atoms with Crippen LogP contribution < -0.4 is 9.74 Å². The smallest absolute Gasteiger partial charge is 0.465 e. The Labute approximate surface area is 156 Å². The van der Waals surface area contributed by atoms with Gasteiger partial charge in [-0.1, -0.05) is 11.6 Å². The number of ether oxygens (including phenoxy) is 1. The van der Waals surface area contributed by atoms with E-state index < -0.39 is 44.0 Å². The van der Waals surface area contributed by atoms with Crippen LogP contribution in [0.5, 0.6) is 5.75 Å². The first kappa shape index (κ1) is 20.5. The van der Waals surface area contributed by atoms with E-state index in [1.165, 1.54) is 13.1 Å². The molecule has 0 bridgehead atoms. The van der Waals surface area contributed by atoms with Crippen LogP contribution in [0.2, 0.25) is 5.15 Å². The number of fused-ring (bicyclic) bond motifs is 1. The van der Waals surface area contributed by atoms with Crippen LogP contribution in [0, 0.1) is 0 Å². The highest BCUT2D eigenvalue weighted by Gasteiger charge is 2.49. The van der Waals surface area contributed by atoms with Crippen molar-refractivity contribution in [3.05, 3.63) is 31.6 Å². The van der Waals surface area contributed by atoms with Gasteiger partial charge in [-0.3, -0.25) is 4.79 Å². The molecular formula is C12H7BrClF3N2O6S. The van der Waals surface area contributed by atoms with E-state index in [-0.39, 0.29) is 15.1 Å². The standard InChI is InChI=1S/C12H7BrClF3N2O6S/c1-19-5-3-4(13)9(14)18-7(5)8(6(10(19)20)11(21)24-2)25-26(22,23)12(15,16)17/h3H,1-2H3. The van der Waals surface area contributed by atoms with Crippen molar-refractivity contribution >= 4 is 54.7 Å². The van der Waals surface area contributed by atoms with Crippen molar-refractivity contribution in [1.29, 1.82) is 0 Å². The maximum Gasteiger partial charge on any atom is 0.534 e. The van der Waals surface area contributed by atoms with Gasteiger partial charge in [0.05, 0.1) is 17.1 Å². The molecule has 0 unspecified atom stereocenters. The monoisotopic (exact) mass is 478 g/mol. The quantitative estimate of drug-likeness (QED) is 0.288. The Morgan fingerprint density at radius 1 is 1.38 bits per heavy atom. The maximum absolute atomic E-state index is 12.7. The Morgan fingerprint density at radius 2 is 1.96 bits per heavy atom. The maximum atomic E-state index is 12.7. The molecule has 14 heteroatoms. The normalized spacial score (nSPS) is 12.3. The Kier molecular flexibility index (Phi) is 5.27. The number of carbonyl (C=O) groups is 1. The Morgan fingerprint density at radius 3 is 2.46 bits per heavy atom. The summed E-state index contributed by atoms with van der Waals surface area (Å²) in [6.45, 7) is 0. The lowest BCUT2D eigenvalue weighted by molar-refractivity contribution is -0.0500. The molecule has 2 aromatic heterocycles. The number of aromatic nitrogens is 2. The van der Waals surface area contributed by atoms with Gasteiger partial charge in [0.2, 0.25) is 0 Å². The van der Waals surface area contributed by atoms with Crippen LogP contribution in [0.15, 0.2) is 15.3 Å². The molecule has 2 rings (SSSR count). The number of halogens is 5. The fourth-order valence-corrected chi connectivity index (χ4v) is 2.81. The number of alkyl halides is 3. The number of carbonyl (C=O) groups excluding carboxylic acids is 1. The van der Waals surface area contributed by atoms with Gasteiger partial charge in [-0.25, -0.2) is 9.78 Å². The van der Waals surface area contributed by atoms with E-state index in [1.54, 1.807) is 0 Å². The molecule has 26 heavy (non-hydrogen) atoms. The number of esters is 1. The third-order valence-corrected chi connectivity index (χ3v) is 5.18. The molecule has 0 aliphatic carbocycles. The summed E-state index contributed by atoms with van der Waals surface area (Å²) in [6.07, 6.45) is 0. The Balaban J connectivity index is 3.02. The highest BCUT2D eigenvalue weighted by molar-refractivity contribution is 9.10. The third kappa shape index (κ3) is 3.38. The molecule has 0 aliphatic heterocycles. The summed E-state index contributed by atoms with van der Waals surface area (Å²) in [5.41, 5.74) is -8.76. The molecule has 0 atom stereocenters. The number of hydrogen-bond donors (Lipinski definition) is 0. The summed E-state index contributed by atoms with van der Waals surface area (Å²) in [6, 6.07) is 1.19. The molecule has 0 radical (unpaired) electrons. The number of methoxy groups -OCH3 is 1. The van der Waals surface area contributed by atoms with Gasteiger partial charge >= 0.3 is 21.6 Å². The van der Waals surface area contributed by atoms with Gasteiger partial charge in [-0.15, -0.1) is 0 Å². The predicted octanol–water partition coefficient (Wildman–Crippen LogP) is 2.36. The van der Waals surface area contributed by atoms with Crippen molar-refractivity contribution in [1.82, 2.24) is 9.55 Å². The predicted molar refractivity (Wildman–Crippen MR) is 86.6 cm³/mol. The molecule has 0 aromatic carbocycles. The van der Waals surface area contributed by atoms with Gasteiger partial charge in [-0.05, 0) is 22.0 Å². The molecule has 2 aromatic rings. The van der Waals surface area contributed by atoms with Gasteiger partial charge in [0.15, 0.2) is 11.3 Å². The van der Waals surface area contributed by atoms with Crippen LogP contribution >= 0.6 is 27.5 Å². The molecule has 0 spiro atoms. The van der Waals surface area contributed by atoms with Gasteiger partial charge in [0, 0.05) is 7.05 Å². The molecule has 0 aliphatic rings. The second-order valence-corrected chi connectivity index (χ2v) is 7.42. The first-order valence-corrected chi connectivity index (χ1v) is 8.87. The average molecular weight is 480 g/mol. The topological polar surface area (TPSA) is 105 Å². The van der Waals surface area contributed by atoms with Gasteiger partial charge in [-0.2, -0.15) is 21.6 Å². The van der Waals surface area contributed by atoms with E-state index in [9.17, 15) is 31.2 Å². The number of rotatable bonds is 3. The van der Waals surface area contributed by atoms with Crippen molar-refractivity contribution < 1.29 is 35.3 Å². The van der Waals surface area contributed by atoms with Crippen LogP contribution in [-0.4, -0.2) is 36.6 Å². The molecule has 0 amide bonds.